The number of benzene rings is 2. The Bertz CT molecular complexity index is 1310. The van der Waals surface area contributed by atoms with Crippen molar-refractivity contribution in [3.05, 3.63) is 65.2 Å². The highest BCUT2D eigenvalue weighted by Crippen LogP contribution is 2.21. The molecule has 0 aliphatic rings. The van der Waals surface area contributed by atoms with E-state index in [0.29, 0.717) is 16.8 Å². The van der Waals surface area contributed by atoms with E-state index in [2.05, 4.69) is 39.6 Å². The average Bonchev–Trinajstić information content (AvgIpc) is 2.89. The van der Waals surface area contributed by atoms with E-state index in [-0.39, 0.29) is 11.5 Å². The third kappa shape index (κ3) is 8.15. The van der Waals surface area contributed by atoms with E-state index >= 15 is 0 Å². The first-order valence-corrected chi connectivity index (χ1v) is 11.2. The predicted molar refractivity (Wildman–Crippen MR) is 135 cm³/mol. The molecule has 0 fully saturated rings. The van der Waals surface area contributed by atoms with E-state index in [1.807, 2.05) is 0 Å². The number of hydrogen-bond acceptors (Lipinski definition) is 5. The average molecular weight is 525 g/mol. The van der Waals surface area contributed by atoms with E-state index in [0.717, 1.165) is 13.8 Å². The molecule has 2 aromatic rings. The molecular formula is C27H26F2N4O5. The highest BCUT2D eigenvalue weighted by Gasteiger charge is 2.47. The molecule has 2 rings (SSSR count). The summed E-state index contributed by atoms with van der Waals surface area (Å²) in [5.74, 6) is 7.99. The van der Waals surface area contributed by atoms with Gasteiger partial charge < -0.3 is 16.0 Å². The third-order valence-corrected chi connectivity index (χ3v) is 5.31. The van der Waals surface area contributed by atoms with E-state index in [1.54, 1.807) is 24.3 Å². The Morgan fingerprint density at radius 2 is 1.45 bits per heavy atom. The van der Waals surface area contributed by atoms with E-state index in [1.165, 1.54) is 36.7 Å². The van der Waals surface area contributed by atoms with Crippen molar-refractivity contribution >= 4 is 29.3 Å². The third-order valence-electron chi connectivity index (χ3n) is 5.31. The van der Waals surface area contributed by atoms with Gasteiger partial charge in [0.1, 0.15) is 18.3 Å². The summed E-state index contributed by atoms with van der Waals surface area (Å²) < 4.78 is 27.6. The number of amides is 4. The molecule has 38 heavy (non-hydrogen) atoms. The summed E-state index contributed by atoms with van der Waals surface area (Å²) >= 11 is 0. The minimum absolute atomic E-state index is 0.0532. The Hall–Kier alpha value is -4.74. The smallest absolute Gasteiger partial charge is 0.268 e. The Balaban J connectivity index is 2.15. The maximum absolute atomic E-state index is 14.5. The molecular weight excluding hydrogens is 498 g/mol. The lowest BCUT2D eigenvalue weighted by Gasteiger charge is -2.38. The Labute approximate surface area is 218 Å². The van der Waals surface area contributed by atoms with Crippen molar-refractivity contribution in [3.63, 3.8) is 0 Å². The standard InChI is InChI=1S/C27H26F2N4O5/c1-17(34)30-22-14-10-20(11-15-22)7-5-4-6-19-8-12-21(13-9-19)25(36)31-24(26(37)33-38)27(3,23(29)16-28)32-18(2)35/h8-15,23-24,38H,16H2,1-3H3,(H,30,34)(H,31,36)(H,32,35)(H,33,37). The van der Waals surface area contributed by atoms with Crippen LogP contribution in [0.2, 0.25) is 0 Å². The number of rotatable bonds is 8. The van der Waals surface area contributed by atoms with Gasteiger partial charge in [0.15, 0.2) is 6.17 Å². The Morgan fingerprint density at radius 3 is 1.89 bits per heavy atom. The van der Waals surface area contributed by atoms with Gasteiger partial charge >= 0.3 is 0 Å². The molecule has 11 heteroatoms. The minimum atomic E-state index is -2.37. The van der Waals surface area contributed by atoms with Gasteiger partial charge in [0, 0.05) is 36.2 Å². The zero-order chi connectivity index (χ0) is 28.3. The second-order valence-electron chi connectivity index (χ2n) is 8.30. The normalized spacial score (nSPS) is 13.1. The molecule has 198 valence electrons. The van der Waals surface area contributed by atoms with Gasteiger partial charge in [-0.1, -0.05) is 11.8 Å². The largest absolute Gasteiger partial charge is 0.346 e. The van der Waals surface area contributed by atoms with Gasteiger partial charge in [-0.25, -0.2) is 14.3 Å². The van der Waals surface area contributed by atoms with Crippen LogP contribution in [0.4, 0.5) is 14.5 Å². The highest BCUT2D eigenvalue weighted by atomic mass is 19.2. The van der Waals surface area contributed by atoms with Crippen molar-refractivity contribution in [3.8, 4) is 23.7 Å². The first-order chi connectivity index (χ1) is 18.0. The van der Waals surface area contributed by atoms with Crippen LogP contribution >= 0.6 is 0 Å². The number of anilines is 1. The fourth-order valence-electron chi connectivity index (χ4n) is 3.39. The van der Waals surface area contributed by atoms with Crippen LogP contribution in [0, 0.1) is 23.7 Å². The summed E-state index contributed by atoms with van der Waals surface area (Å²) in [7, 11) is 0. The maximum Gasteiger partial charge on any atom is 0.268 e. The van der Waals surface area contributed by atoms with Crippen LogP contribution in [0.5, 0.6) is 0 Å². The summed E-state index contributed by atoms with van der Waals surface area (Å²) in [5.41, 5.74) is 1.01. The molecule has 4 amide bonds. The maximum atomic E-state index is 14.5. The molecule has 0 radical (unpaired) electrons. The van der Waals surface area contributed by atoms with Crippen molar-refractivity contribution in [2.75, 3.05) is 12.0 Å². The summed E-state index contributed by atoms with van der Waals surface area (Å²) in [5, 5.41) is 16.1. The minimum Gasteiger partial charge on any atom is -0.346 e. The van der Waals surface area contributed by atoms with Gasteiger partial charge in [-0.2, -0.15) is 0 Å². The molecule has 2 aromatic carbocycles. The van der Waals surface area contributed by atoms with Crippen molar-refractivity contribution in [2.24, 2.45) is 0 Å². The number of alkyl halides is 2. The zero-order valence-electron chi connectivity index (χ0n) is 20.8. The molecule has 0 bridgehead atoms. The topological polar surface area (TPSA) is 137 Å². The van der Waals surface area contributed by atoms with E-state index < -0.39 is 42.1 Å². The molecule has 0 aromatic heterocycles. The number of nitrogens with one attached hydrogen (secondary N) is 4. The first-order valence-electron chi connectivity index (χ1n) is 11.2. The predicted octanol–water partition coefficient (Wildman–Crippen LogP) is 1.85. The molecule has 3 atom stereocenters. The lowest BCUT2D eigenvalue weighted by Crippen LogP contribution is -2.69. The molecule has 0 saturated carbocycles. The van der Waals surface area contributed by atoms with Gasteiger partial charge in [0.05, 0.1) is 0 Å². The first kappa shape index (κ1) is 29.5. The molecule has 3 unspecified atom stereocenters. The fraction of sp³-hybridized carbons (Fsp3) is 0.259. The van der Waals surface area contributed by atoms with Crippen LogP contribution in [0.3, 0.4) is 0 Å². The van der Waals surface area contributed by atoms with Gasteiger partial charge in [-0.3, -0.25) is 24.4 Å². The molecule has 0 aliphatic carbocycles. The fourth-order valence-corrected chi connectivity index (χ4v) is 3.39. The molecule has 0 heterocycles. The van der Waals surface area contributed by atoms with Crippen LogP contribution < -0.4 is 21.4 Å². The van der Waals surface area contributed by atoms with E-state index in [9.17, 15) is 28.0 Å². The summed E-state index contributed by atoms with van der Waals surface area (Å²) in [6.07, 6.45) is -2.37. The molecule has 5 N–H and O–H groups in total. The summed E-state index contributed by atoms with van der Waals surface area (Å²) in [6.45, 7) is 1.93. The van der Waals surface area contributed by atoms with Crippen LogP contribution in [-0.4, -0.2) is 53.3 Å². The quantitative estimate of drug-likeness (QED) is 0.204. The van der Waals surface area contributed by atoms with Crippen LogP contribution in [0.15, 0.2) is 48.5 Å². The monoisotopic (exact) mass is 524 g/mol. The van der Waals surface area contributed by atoms with Gasteiger partial charge in [-0.05, 0) is 67.3 Å². The number of carbonyl (C=O) groups is 4. The van der Waals surface area contributed by atoms with Crippen LogP contribution in [0.25, 0.3) is 0 Å². The van der Waals surface area contributed by atoms with Gasteiger partial charge in [0.25, 0.3) is 11.8 Å². The summed E-state index contributed by atoms with van der Waals surface area (Å²) in [4.78, 5) is 47.6. The molecule has 0 saturated heterocycles. The zero-order valence-corrected chi connectivity index (χ0v) is 20.8. The molecule has 0 aliphatic heterocycles. The number of halogens is 2. The second-order valence-corrected chi connectivity index (χ2v) is 8.30. The second kappa shape index (κ2) is 13.5. The van der Waals surface area contributed by atoms with Crippen molar-refractivity contribution in [2.45, 2.75) is 38.5 Å². The Kier molecular flexibility index (Phi) is 10.5. The number of carbonyl (C=O) groups excluding carboxylic acids is 4. The number of hydrogen-bond donors (Lipinski definition) is 5. The number of hydroxylamine groups is 1. The lowest BCUT2D eigenvalue weighted by molar-refractivity contribution is -0.135. The van der Waals surface area contributed by atoms with Gasteiger partial charge in [-0.15, -0.1) is 0 Å². The highest BCUT2D eigenvalue weighted by molar-refractivity contribution is 5.98. The Morgan fingerprint density at radius 1 is 0.921 bits per heavy atom. The van der Waals surface area contributed by atoms with Crippen molar-refractivity contribution < 1.29 is 33.2 Å². The van der Waals surface area contributed by atoms with Crippen LogP contribution in [0.1, 0.15) is 42.3 Å². The van der Waals surface area contributed by atoms with Crippen molar-refractivity contribution in [1.82, 2.24) is 16.1 Å². The van der Waals surface area contributed by atoms with Crippen LogP contribution in [-0.2, 0) is 14.4 Å². The summed E-state index contributed by atoms with van der Waals surface area (Å²) in [6, 6.07) is 10.8. The molecule has 0 spiro atoms. The van der Waals surface area contributed by atoms with Gasteiger partial charge in [0.2, 0.25) is 11.8 Å². The SMILES string of the molecule is CC(=O)Nc1ccc(C#CC#Cc2ccc(C(=O)NC(C(=O)NO)C(C)(NC(C)=O)C(F)CF)cc2)cc1. The van der Waals surface area contributed by atoms with Crippen molar-refractivity contribution in [1.29, 1.82) is 0 Å². The lowest BCUT2D eigenvalue weighted by atomic mass is 9.86. The van der Waals surface area contributed by atoms with E-state index in [4.69, 9.17) is 5.21 Å². The molecule has 9 nitrogen and oxygen atoms in total.